The number of aliphatic carboxylic acids is 1. The summed E-state index contributed by atoms with van der Waals surface area (Å²) in [5, 5.41) is 14.6. The fraction of sp³-hybridized carbons (Fsp3) is 0.263. The zero-order chi connectivity index (χ0) is 19.4. The number of benzene rings is 1. The van der Waals surface area contributed by atoms with E-state index in [2.05, 4.69) is 10.3 Å². The van der Waals surface area contributed by atoms with E-state index in [1.165, 1.54) is 22.2 Å². The lowest BCUT2D eigenvalue weighted by atomic mass is 9.82. The van der Waals surface area contributed by atoms with E-state index in [0.29, 0.717) is 15.8 Å². The Morgan fingerprint density at radius 3 is 2.70 bits per heavy atom. The van der Waals surface area contributed by atoms with Crippen molar-refractivity contribution in [2.45, 2.75) is 25.3 Å². The quantitative estimate of drug-likeness (QED) is 0.648. The van der Waals surface area contributed by atoms with Crippen LogP contribution in [0.5, 0.6) is 0 Å². The third-order valence-corrected chi connectivity index (χ3v) is 5.37. The van der Waals surface area contributed by atoms with Crippen LogP contribution in [0.3, 0.4) is 0 Å². The number of carboxylic acid groups (broad SMARTS) is 1. The van der Waals surface area contributed by atoms with Gasteiger partial charge in [-0.05, 0) is 23.9 Å². The monoisotopic (exact) mass is 385 g/mol. The molecule has 0 fully saturated rings. The second kappa shape index (κ2) is 7.71. The first-order valence-electron chi connectivity index (χ1n) is 8.40. The molecule has 1 aromatic carbocycles. The van der Waals surface area contributed by atoms with E-state index in [-0.39, 0.29) is 31.0 Å². The van der Waals surface area contributed by atoms with Crippen molar-refractivity contribution in [2.75, 3.05) is 6.54 Å². The highest BCUT2D eigenvalue weighted by Crippen LogP contribution is 2.23. The molecule has 27 heavy (non-hydrogen) atoms. The summed E-state index contributed by atoms with van der Waals surface area (Å²) in [7, 11) is 0. The number of carbonyl (C=O) groups is 2. The average molecular weight is 385 g/mol. The van der Waals surface area contributed by atoms with Crippen molar-refractivity contribution in [1.82, 2.24) is 14.9 Å². The first kappa shape index (κ1) is 18.8. The van der Waals surface area contributed by atoms with Crippen molar-refractivity contribution in [3.8, 4) is 0 Å². The molecule has 3 aromatic rings. The second-order valence-corrected chi connectivity index (χ2v) is 7.31. The molecule has 0 bridgehead atoms. The van der Waals surface area contributed by atoms with Gasteiger partial charge in [0.2, 0.25) is 5.91 Å². The van der Waals surface area contributed by atoms with Gasteiger partial charge < -0.3 is 10.4 Å². The molecular weight excluding hydrogens is 366 g/mol. The molecule has 0 aliphatic rings. The average Bonchev–Trinajstić information content (AvgIpc) is 3.15. The van der Waals surface area contributed by atoms with Gasteiger partial charge in [-0.3, -0.25) is 19.0 Å². The molecular formula is C19H19N3O4S. The molecule has 7 nitrogen and oxygen atoms in total. The van der Waals surface area contributed by atoms with Gasteiger partial charge in [-0.25, -0.2) is 4.98 Å². The Labute approximate surface area is 159 Å². The van der Waals surface area contributed by atoms with Gasteiger partial charge in [-0.15, -0.1) is 11.3 Å². The summed E-state index contributed by atoms with van der Waals surface area (Å²) in [6.07, 6.45) is 1.49. The Hall–Kier alpha value is -3.00. The summed E-state index contributed by atoms with van der Waals surface area (Å²) in [5.74, 6) is -1.34. The summed E-state index contributed by atoms with van der Waals surface area (Å²) in [6, 6.07) is 10.5. The van der Waals surface area contributed by atoms with Crippen LogP contribution in [0.15, 0.2) is 52.9 Å². The molecule has 2 N–H and O–H groups in total. The van der Waals surface area contributed by atoms with Crippen LogP contribution < -0.4 is 10.9 Å². The van der Waals surface area contributed by atoms with Crippen molar-refractivity contribution in [3.63, 3.8) is 0 Å². The molecule has 0 radical (unpaired) electrons. The third kappa shape index (κ3) is 3.90. The van der Waals surface area contributed by atoms with Crippen LogP contribution in [0, 0.1) is 0 Å². The number of fused-ring (bicyclic) bond motifs is 1. The molecule has 0 saturated heterocycles. The first-order chi connectivity index (χ1) is 12.9. The highest BCUT2D eigenvalue weighted by molar-refractivity contribution is 7.16. The maximum atomic E-state index is 12.3. The lowest BCUT2D eigenvalue weighted by Crippen LogP contribution is -2.44. The van der Waals surface area contributed by atoms with E-state index in [1.807, 2.05) is 0 Å². The molecule has 0 aliphatic heterocycles. The van der Waals surface area contributed by atoms with Crippen LogP contribution in [-0.4, -0.2) is 33.1 Å². The highest BCUT2D eigenvalue weighted by atomic mass is 32.1. The van der Waals surface area contributed by atoms with Gasteiger partial charge in [0.25, 0.3) is 5.56 Å². The van der Waals surface area contributed by atoms with Crippen molar-refractivity contribution in [3.05, 3.63) is 64.0 Å². The summed E-state index contributed by atoms with van der Waals surface area (Å²) in [6.45, 7) is 1.71. The highest BCUT2D eigenvalue weighted by Gasteiger charge is 2.35. The van der Waals surface area contributed by atoms with Crippen LogP contribution in [-0.2, 0) is 21.5 Å². The van der Waals surface area contributed by atoms with E-state index in [0.717, 1.165) is 0 Å². The Balaban J connectivity index is 1.64. The molecule has 3 rings (SSSR count). The zero-order valence-electron chi connectivity index (χ0n) is 14.7. The number of aryl methyl sites for hydroxylation is 1. The number of rotatable bonds is 7. The molecule has 1 atom stereocenters. The zero-order valence-corrected chi connectivity index (χ0v) is 15.5. The molecule has 8 heteroatoms. The number of hydrogen-bond donors (Lipinski definition) is 2. The Bertz CT molecular complexity index is 1030. The number of carboxylic acids is 1. The fourth-order valence-corrected chi connectivity index (χ4v) is 3.47. The van der Waals surface area contributed by atoms with E-state index < -0.39 is 11.4 Å². The normalized spacial score (nSPS) is 13.2. The van der Waals surface area contributed by atoms with Crippen LogP contribution in [0.4, 0.5) is 0 Å². The summed E-state index contributed by atoms with van der Waals surface area (Å²) in [5.41, 5.74) is -0.805. The number of thiophene rings is 1. The Morgan fingerprint density at radius 2 is 2.00 bits per heavy atom. The van der Waals surface area contributed by atoms with Gasteiger partial charge in [0, 0.05) is 19.5 Å². The lowest BCUT2D eigenvalue weighted by molar-refractivity contribution is -0.143. The van der Waals surface area contributed by atoms with E-state index in [1.54, 1.807) is 48.7 Å². The Morgan fingerprint density at radius 1 is 1.26 bits per heavy atom. The molecule has 0 saturated carbocycles. The maximum absolute atomic E-state index is 12.3. The van der Waals surface area contributed by atoms with Gasteiger partial charge in [0.15, 0.2) is 0 Å². The van der Waals surface area contributed by atoms with Crippen molar-refractivity contribution < 1.29 is 14.7 Å². The predicted octanol–water partition coefficient (Wildman–Crippen LogP) is 2.01. The van der Waals surface area contributed by atoms with Gasteiger partial charge in [-0.1, -0.05) is 30.3 Å². The van der Waals surface area contributed by atoms with E-state index in [4.69, 9.17) is 0 Å². The van der Waals surface area contributed by atoms with Gasteiger partial charge in [0.05, 0.1) is 11.7 Å². The standard InChI is InChI=1S/C19H19N3O4S/c1-19(18(25)26,13-5-3-2-4-6-13)11-20-15(23)7-9-22-12-21-16-14(17(22)24)8-10-27-16/h2-6,8,10,12H,7,9,11H2,1H3,(H,20,23)(H,25,26). The molecule has 1 amide bonds. The van der Waals surface area contributed by atoms with Crippen LogP contribution in [0.1, 0.15) is 18.9 Å². The molecule has 1 unspecified atom stereocenters. The number of hydrogen-bond acceptors (Lipinski definition) is 5. The molecule has 2 heterocycles. The second-order valence-electron chi connectivity index (χ2n) is 6.41. The summed E-state index contributed by atoms with van der Waals surface area (Å²) < 4.78 is 1.39. The summed E-state index contributed by atoms with van der Waals surface area (Å²) >= 11 is 1.39. The number of nitrogens with zero attached hydrogens (tertiary/aromatic N) is 2. The minimum absolute atomic E-state index is 0.0398. The molecule has 140 valence electrons. The topological polar surface area (TPSA) is 101 Å². The van der Waals surface area contributed by atoms with Gasteiger partial charge in [0.1, 0.15) is 10.2 Å². The fourth-order valence-electron chi connectivity index (χ4n) is 2.75. The largest absolute Gasteiger partial charge is 0.481 e. The van der Waals surface area contributed by atoms with E-state index in [9.17, 15) is 19.5 Å². The van der Waals surface area contributed by atoms with Crippen molar-refractivity contribution in [2.24, 2.45) is 0 Å². The lowest BCUT2D eigenvalue weighted by Gasteiger charge is -2.25. The molecule has 2 aromatic heterocycles. The molecule has 0 spiro atoms. The number of nitrogens with one attached hydrogen (secondary N) is 1. The van der Waals surface area contributed by atoms with Crippen LogP contribution in [0.2, 0.25) is 0 Å². The van der Waals surface area contributed by atoms with E-state index >= 15 is 0 Å². The van der Waals surface area contributed by atoms with Crippen molar-refractivity contribution in [1.29, 1.82) is 0 Å². The summed E-state index contributed by atoms with van der Waals surface area (Å²) in [4.78, 5) is 41.1. The maximum Gasteiger partial charge on any atom is 0.315 e. The van der Waals surface area contributed by atoms with Crippen LogP contribution in [0.25, 0.3) is 10.2 Å². The predicted molar refractivity (Wildman–Crippen MR) is 103 cm³/mol. The minimum atomic E-state index is -1.23. The first-order valence-corrected chi connectivity index (χ1v) is 9.28. The van der Waals surface area contributed by atoms with Gasteiger partial charge in [-0.2, -0.15) is 0 Å². The third-order valence-electron chi connectivity index (χ3n) is 4.55. The van der Waals surface area contributed by atoms with Crippen molar-refractivity contribution >= 4 is 33.4 Å². The van der Waals surface area contributed by atoms with Crippen LogP contribution >= 0.6 is 11.3 Å². The minimum Gasteiger partial charge on any atom is -0.481 e. The Kier molecular flexibility index (Phi) is 5.36. The molecule has 0 aliphatic carbocycles. The number of carbonyl (C=O) groups excluding carboxylic acids is 1. The smallest absolute Gasteiger partial charge is 0.315 e. The SMILES string of the molecule is CC(CNC(=O)CCn1cnc2sccc2c1=O)(C(=O)O)c1ccccc1. The number of aromatic nitrogens is 2. The number of amides is 1. The van der Waals surface area contributed by atoms with Gasteiger partial charge >= 0.3 is 5.97 Å².